The van der Waals surface area contributed by atoms with Crippen molar-refractivity contribution in [1.82, 2.24) is 4.98 Å². The van der Waals surface area contributed by atoms with Gasteiger partial charge in [-0.2, -0.15) is 13.2 Å². The Labute approximate surface area is 104 Å². The first kappa shape index (κ1) is 14.3. The highest BCUT2D eigenvalue weighted by Gasteiger charge is 2.40. The van der Waals surface area contributed by atoms with Gasteiger partial charge in [0.15, 0.2) is 0 Å². The number of alkyl halides is 3. The zero-order valence-corrected chi connectivity index (χ0v) is 9.94. The lowest BCUT2D eigenvalue weighted by Gasteiger charge is -2.40. The van der Waals surface area contributed by atoms with E-state index in [9.17, 15) is 13.2 Å². The second kappa shape index (κ2) is 4.82. The van der Waals surface area contributed by atoms with Crippen molar-refractivity contribution in [3.8, 4) is 0 Å². The van der Waals surface area contributed by atoms with Gasteiger partial charge in [0.2, 0.25) is 0 Å². The average Bonchev–Trinajstić information content (AvgIpc) is 2.16. The number of halogens is 4. The SMILES string of the molecule is Cl.NCC1(c2cccc(C(F)(F)F)n2)CCC1. The zero-order chi connectivity index (χ0) is 11.8. The Morgan fingerprint density at radius 2 is 1.94 bits per heavy atom. The molecule has 2 nitrogen and oxygen atoms in total. The van der Waals surface area contributed by atoms with E-state index in [-0.39, 0.29) is 17.8 Å². The van der Waals surface area contributed by atoms with Gasteiger partial charge in [-0.05, 0) is 25.0 Å². The Hall–Kier alpha value is -0.810. The van der Waals surface area contributed by atoms with Crippen molar-refractivity contribution in [3.05, 3.63) is 29.6 Å². The number of aromatic nitrogens is 1. The third-order valence-electron chi connectivity index (χ3n) is 3.28. The number of hydrogen-bond donors (Lipinski definition) is 1. The second-order valence-electron chi connectivity index (χ2n) is 4.24. The predicted molar refractivity (Wildman–Crippen MR) is 61.1 cm³/mol. The van der Waals surface area contributed by atoms with Gasteiger partial charge in [-0.3, -0.25) is 0 Å². The van der Waals surface area contributed by atoms with Crippen LogP contribution in [0.15, 0.2) is 18.2 Å². The summed E-state index contributed by atoms with van der Waals surface area (Å²) < 4.78 is 37.5. The number of pyridine rings is 1. The second-order valence-corrected chi connectivity index (χ2v) is 4.24. The van der Waals surface area contributed by atoms with Gasteiger partial charge in [-0.25, -0.2) is 4.98 Å². The molecule has 0 atom stereocenters. The van der Waals surface area contributed by atoms with Crippen molar-refractivity contribution in [2.45, 2.75) is 30.9 Å². The lowest BCUT2D eigenvalue weighted by Crippen LogP contribution is -2.42. The summed E-state index contributed by atoms with van der Waals surface area (Å²) >= 11 is 0. The van der Waals surface area contributed by atoms with Gasteiger partial charge in [-0.15, -0.1) is 12.4 Å². The fourth-order valence-electron chi connectivity index (χ4n) is 2.06. The first-order chi connectivity index (χ1) is 7.48. The van der Waals surface area contributed by atoms with Crippen molar-refractivity contribution in [2.24, 2.45) is 5.73 Å². The maximum absolute atomic E-state index is 12.5. The van der Waals surface area contributed by atoms with Crippen LogP contribution in [0.2, 0.25) is 0 Å². The Bertz CT molecular complexity index is 383. The van der Waals surface area contributed by atoms with Gasteiger partial charge in [-0.1, -0.05) is 12.5 Å². The number of nitrogens with zero attached hydrogens (tertiary/aromatic N) is 1. The fraction of sp³-hybridized carbons (Fsp3) is 0.545. The summed E-state index contributed by atoms with van der Waals surface area (Å²) in [6, 6.07) is 4.04. The molecule has 2 rings (SSSR count). The van der Waals surface area contributed by atoms with E-state index < -0.39 is 11.9 Å². The molecule has 1 aliphatic rings. The van der Waals surface area contributed by atoms with Crippen LogP contribution in [0.25, 0.3) is 0 Å². The Morgan fingerprint density at radius 3 is 2.35 bits per heavy atom. The van der Waals surface area contributed by atoms with Gasteiger partial charge in [0.1, 0.15) is 5.69 Å². The van der Waals surface area contributed by atoms with Crippen LogP contribution in [0.3, 0.4) is 0 Å². The van der Waals surface area contributed by atoms with Gasteiger partial charge < -0.3 is 5.73 Å². The van der Waals surface area contributed by atoms with E-state index >= 15 is 0 Å². The van der Waals surface area contributed by atoms with Crippen molar-refractivity contribution in [1.29, 1.82) is 0 Å². The van der Waals surface area contributed by atoms with Crippen molar-refractivity contribution < 1.29 is 13.2 Å². The summed E-state index contributed by atoms with van der Waals surface area (Å²) in [5, 5.41) is 0. The molecule has 0 bridgehead atoms. The third kappa shape index (κ3) is 2.55. The summed E-state index contributed by atoms with van der Waals surface area (Å²) in [4.78, 5) is 3.70. The molecule has 0 aromatic carbocycles. The molecule has 1 aromatic heterocycles. The highest BCUT2D eigenvalue weighted by atomic mass is 35.5. The monoisotopic (exact) mass is 266 g/mol. The maximum atomic E-state index is 12.5. The average molecular weight is 267 g/mol. The normalized spacial score (nSPS) is 18.1. The van der Waals surface area contributed by atoms with Crippen LogP contribution in [0.4, 0.5) is 13.2 Å². The van der Waals surface area contributed by atoms with Crippen LogP contribution in [0.1, 0.15) is 30.7 Å². The van der Waals surface area contributed by atoms with E-state index in [1.807, 2.05) is 0 Å². The predicted octanol–water partition coefficient (Wildman–Crippen LogP) is 2.90. The molecule has 0 spiro atoms. The molecule has 2 N–H and O–H groups in total. The van der Waals surface area contributed by atoms with Crippen molar-refractivity contribution in [2.75, 3.05) is 6.54 Å². The van der Waals surface area contributed by atoms with E-state index in [0.29, 0.717) is 12.2 Å². The molecule has 17 heavy (non-hydrogen) atoms. The summed E-state index contributed by atoms with van der Waals surface area (Å²) in [6.45, 7) is 0.362. The summed E-state index contributed by atoms with van der Waals surface area (Å²) in [7, 11) is 0. The number of nitrogens with two attached hydrogens (primary N) is 1. The maximum Gasteiger partial charge on any atom is 0.433 e. The van der Waals surface area contributed by atoms with Crippen LogP contribution in [0, 0.1) is 0 Å². The Kier molecular flexibility index (Phi) is 4.04. The molecule has 0 aliphatic heterocycles. The van der Waals surface area contributed by atoms with Crippen LogP contribution in [-0.4, -0.2) is 11.5 Å². The Balaban J connectivity index is 0.00000144. The molecular formula is C11H14ClF3N2. The minimum atomic E-state index is -4.38. The van der Waals surface area contributed by atoms with Gasteiger partial charge >= 0.3 is 6.18 Å². The molecule has 0 saturated heterocycles. The van der Waals surface area contributed by atoms with E-state index in [2.05, 4.69) is 4.98 Å². The molecule has 1 saturated carbocycles. The van der Waals surface area contributed by atoms with E-state index in [0.717, 1.165) is 25.3 Å². The quantitative estimate of drug-likeness (QED) is 0.894. The van der Waals surface area contributed by atoms with E-state index in [4.69, 9.17) is 5.73 Å². The minimum absolute atomic E-state index is 0. The molecule has 1 aromatic rings. The lowest BCUT2D eigenvalue weighted by molar-refractivity contribution is -0.141. The summed E-state index contributed by atoms with van der Waals surface area (Å²) in [6.07, 6.45) is -1.71. The fourth-order valence-corrected chi connectivity index (χ4v) is 2.06. The first-order valence-corrected chi connectivity index (χ1v) is 5.23. The topological polar surface area (TPSA) is 38.9 Å². The molecule has 1 aliphatic carbocycles. The smallest absolute Gasteiger partial charge is 0.330 e. The van der Waals surface area contributed by atoms with E-state index in [1.165, 1.54) is 6.07 Å². The van der Waals surface area contributed by atoms with Crippen LogP contribution >= 0.6 is 12.4 Å². The van der Waals surface area contributed by atoms with Crippen LogP contribution in [0.5, 0.6) is 0 Å². The summed E-state index contributed by atoms with van der Waals surface area (Å²) in [5.74, 6) is 0. The molecule has 0 amide bonds. The number of rotatable bonds is 2. The molecule has 0 radical (unpaired) electrons. The molecule has 1 fully saturated rings. The standard InChI is InChI=1S/C11H13F3N2.ClH/c12-11(13,14)9-4-1-3-8(16-9)10(7-15)5-2-6-10;/h1,3-4H,2,5-7,15H2;1H. The van der Waals surface area contributed by atoms with Gasteiger partial charge in [0.25, 0.3) is 0 Å². The highest BCUT2D eigenvalue weighted by molar-refractivity contribution is 5.85. The molecule has 96 valence electrons. The van der Waals surface area contributed by atoms with Crippen molar-refractivity contribution in [3.63, 3.8) is 0 Å². The van der Waals surface area contributed by atoms with Crippen LogP contribution < -0.4 is 5.73 Å². The Morgan fingerprint density at radius 1 is 1.29 bits per heavy atom. The highest BCUT2D eigenvalue weighted by Crippen LogP contribution is 2.42. The molecular weight excluding hydrogens is 253 g/mol. The molecule has 6 heteroatoms. The molecule has 0 unspecified atom stereocenters. The van der Waals surface area contributed by atoms with Gasteiger partial charge in [0.05, 0.1) is 0 Å². The third-order valence-corrected chi connectivity index (χ3v) is 3.28. The first-order valence-electron chi connectivity index (χ1n) is 5.23. The minimum Gasteiger partial charge on any atom is -0.330 e. The number of hydrogen-bond acceptors (Lipinski definition) is 2. The van der Waals surface area contributed by atoms with Crippen LogP contribution in [-0.2, 0) is 11.6 Å². The molecule has 1 heterocycles. The largest absolute Gasteiger partial charge is 0.433 e. The zero-order valence-electron chi connectivity index (χ0n) is 9.13. The van der Waals surface area contributed by atoms with Gasteiger partial charge in [0, 0.05) is 17.7 Å². The lowest BCUT2D eigenvalue weighted by atomic mass is 9.66. The van der Waals surface area contributed by atoms with E-state index in [1.54, 1.807) is 6.07 Å². The van der Waals surface area contributed by atoms with Crippen molar-refractivity contribution >= 4 is 12.4 Å². The summed E-state index contributed by atoms with van der Waals surface area (Å²) in [5.41, 5.74) is 4.97.